The highest BCUT2D eigenvalue weighted by atomic mass is 19.1. The SMILES string of the molecule is Cc1ccc(NC(=O)C2CCCN(c3ccnc(-c4ccc(F)cc4)n3)C2)cc1. The van der Waals surface area contributed by atoms with Crippen molar-refractivity contribution in [3.63, 3.8) is 0 Å². The number of benzene rings is 2. The summed E-state index contributed by atoms with van der Waals surface area (Å²) in [4.78, 5) is 23.8. The second-order valence-electron chi connectivity index (χ2n) is 7.39. The van der Waals surface area contributed by atoms with Gasteiger partial charge in [0.1, 0.15) is 11.6 Å². The maximum absolute atomic E-state index is 13.2. The predicted octanol–water partition coefficient (Wildman–Crippen LogP) is 4.45. The molecule has 6 heteroatoms. The topological polar surface area (TPSA) is 58.1 Å². The van der Waals surface area contributed by atoms with E-state index >= 15 is 0 Å². The van der Waals surface area contributed by atoms with E-state index in [-0.39, 0.29) is 17.6 Å². The van der Waals surface area contributed by atoms with E-state index in [2.05, 4.69) is 20.2 Å². The summed E-state index contributed by atoms with van der Waals surface area (Å²) in [6.07, 6.45) is 3.48. The summed E-state index contributed by atoms with van der Waals surface area (Å²) in [5.41, 5.74) is 2.74. The largest absolute Gasteiger partial charge is 0.356 e. The summed E-state index contributed by atoms with van der Waals surface area (Å²) in [6.45, 7) is 3.47. The highest BCUT2D eigenvalue weighted by Crippen LogP contribution is 2.25. The molecule has 4 rings (SSSR count). The molecule has 1 saturated heterocycles. The van der Waals surface area contributed by atoms with Crippen LogP contribution in [0.5, 0.6) is 0 Å². The number of aryl methyl sites for hydroxylation is 1. The van der Waals surface area contributed by atoms with Gasteiger partial charge in [0.2, 0.25) is 5.91 Å². The molecule has 1 aromatic heterocycles. The van der Waals surface area contributed by atoms with Crippen LogP contribution in [0.3, 0.4) is 0 Å². The summed E-state index contributed by atoms with van der Waals surface area (Å²) in [5, 5.41) is 3.02. The van der Waals surface area contributed by atoms with Gasteiger partial charge in [-0.3, -0.25) is 4.79 Å². The fourth-order valence-corrected chi connectivity index (χ4v) is 3.54. The van der Waals surface area contributed by atoms with Crippen LogP contribution in [0.15, 0.2) is 60.8 Å². The molecular formula is C23H23FN4O. The van der Waals surface area contributed by atoms with Crippen molar-refractivity contribution in [1.29, 1.82) is 0 Å². The molecule has 1 N–H and O–H groups in total. The lowest BCUT2D eigenvalue weighted by Crippen LogP contribution is -2.41. The van der Waals surface area contributed by atoms with E-state index in [1.165, 1.54) is 12.1 Å². The standard InChI is InChI=1S/C23H23FN4O/c1-16-4-10-20(11-5-16)26-23(29)18-3-2-14-28(15-18)21-12-13-25-22(27-21)17-6-8-19(24)9-7-17/h4-13,18H,2-3,14-15H2,1H3,(H,26,29). The molecule has 2 aromatic carbocycles. The Morgan fingerprint density at radius 1 is 1.10 bits per heavy atom. The summed E-state index contributed by atoms with van der Waals surface area (Å²) >= 11 is 0. The molecular weight excluding hydrogens is 367 g/mol. The van der Waals surface area contributed by atoms with Crippen molar-refractivity contribution in [2.45, 2.75) is 19.8 Å². The highest BCUT2D eigenvalue weighted by Gasteiger charge is 2.27. The van der Waals surface area contributed by atoms with E-state index in [1.807, 2.05) is 37.3 Å². The third-order valence-corrected chi connectivity index (χ3v) is 5.18. The van der Waals surface area contributed by atoms with Gasteiger partial charge in [-0.25, -0.2) is 14.4 Å². The Kier molecular flexibility index (Phi) is 5.51. The van der Waals surface area contributed by atoms with E-state index in [1.54, 1.807) is 18.3 Å². The predicted molar refractivity (Wildman–Crippen MR) is 112 cm³/mol. The molecule has 0 bridgehead atoms. The maximum atomic E-state index is 13.2. The number of hydrogen-bond donors (Lipinski definition) is 1. The number of piperidine rings is 1. The summed E-state index contributed by atoms with van der Waals surface area (Å²) in [5.74, 6) is 0.977. The maximum Gasteiger partial charge on any atom is 0.229 e. The van der Waals surface area contributed by atoms with Gasteiger partial charge < -0.3 is 10.2 Å². The lowest BCUT2D eigenvalue weighted by molar-refractivity contribution is -0.120. The number of anilines is 2. The Balaban J connectivity index is 1.46. The summed E-state index contributed by atoms with van der Waals surface area (Å²) < 4.78 is 13.2. The average molecular weight is 390 g/mol. The van der Waals surface area contributed by atoms with Crippen molar-refractivity contribution in [3.8, 4) is 11.4 Å². The Bertz CT molecular complexity index is 989. The first kappa shape index (κ1) is 19.1. The van der Waals surface area contributed by atoms with E-state index < -0.39 is 0 Å². The first-order valence-electron chi connectivity index (χ1n) is 9.80. The molecule has 0 radical (unpaired) electrons. The molecule has 1 unspecified atom stereocenters. The minimum atomic E-state index is -0.289. The Labute approximate surface area is 169 Å². The highest BCUT2D eigenvalue weighted by molar-refractivity contribution is 5.93. The van der Waals surface area contributed by atoms with Gasteiger partial charge in [-0.2, -0.15) is 0 Å². The van der Waals surface area contributed by atoms with Crippen LogP contribution in [0, 0.1) is 18.7 Å². The molecule has 5 nitrogen and oxygen atoms in total. The van der Waals surface area contributed by atoms with Gasteiger partial charge >= 0.3 is 0 Å². The van der Waals surface area contributed by atoms with Crippen LogP contribution in [-0.2, 0) is 4.79 Å². The van der Waals surface area contributed by atoms with E-state index in [0.717, 1.165) is 42.0 Å². The lowest BCUT2D eigenvalue weighted by atomic mass is 9.97. The van der Waals surface area contributed by atoms with Gasteiger partial charge in [-0.05, 0) is 62.2 Å². The van der Waals surface area contributed by atoms with Crippen LogP contribution >= 0.6 is 0 Å². The molecule has 1 aliphatic rings. The first-order valence-corrected chi connectivity index (χ1v) is 9.80. The molecule has 29 heavy (non-hydrogen) atoms. The third kappa shape index (κ3) is 4.59. The second-order valence-corrected chi connectivity index (χ2v) is 7.39. The molecule has 0 spiro atoms. The zero-order valence-electron chi connectivity index (χ0n) is 16.3. The summed E-state index contributed by atoms with van der Waals surface area (Å²) in [7, 11) is 0. The molecule has 1 aliphatic heterocycles. The number of aromatic nitrogens is 2. The number of halogens is 1. The van der Waals surface area contributed by atoms with Crippen molar-refractivity contribution in [1.82, 2.24) is 9.97 Å². The van der Waals surface area contributed by atoms with Crippen LogP contribution in [0.4, 0.5) is 15.9 Å². The molecule has 1 amide bonds. The second kappa shape index (κ2) is 8.39. The molecule has 0 aliphatic carbocycles. The van der Waals surface area contributed by atoms with Crippen LogP contribution < -0.4 is 10.2 Å². The Morgan fingerprint density at radius 2 is 1.86 bits per heavy atom. The van der Waals surface area contributed by atoms with E-state index in [4.69, 9.17) is 0 Å². The van der Waals surface area contributed by atoms with Gasteiger partial charge in [0.05, 0.1) is 5.92 Å². The molecule has 0 saturated carbocycles. The van der Waals surface area contributed by atoms with Gasteiger partial charge in [-0.15, -0.1) is 0 Å². The molecule has 1 fully saturated rings. The van der Waals surface area contributed by atoms with Crippen LogP contribution in [0.1, 0.15) is 18.4 Å². The zero-order chi connectivity index (χ0) is 20.2. The summed E-state index contributed by atoms with van der Waals surface area (Å²) in [6, 6.07) is 15.8. The van der Waals surface area contributed by atoms with Crippen molar-refractivity contribution in [3.05, 3.63) is 72.2 Å². The van der Waals surface area contributed by atoms with Crippen LogP contribution in [0.2, 0.25) is 0 Å². The number of amides is 1. The van der Waals surface area contributed by atoms with Crippen LogP contribution in [0.25, 0.3) is 11.4 Å². The zero-order valence-corrected chi connectivity index (χ0v) is 16.3. The normalized spacial score (nSPS) is 16.5. The van der Waals surface area contributed by atoms with Gasteiger partial charge in [0.25, 0.3) is 0 Å². The number of carbonyl (C=O) groups excluding carboxylic acids is 1. The number of rotatable bonds is 4. The minimum Gasteiger partial charge on any atom is -0.356 e. The molecule has 1 atom stereocenters. The Hall–Kier alpha value is -3.28. The molecule has 2 heterocycles. The smallest absolute Gasteiger partial charge is 0.229 e. The van der Waals surface area contributed by atoms with Crippen molar-refractivity contribution in [2.24, 2.45) is 5.92 Å². The fraction of sp³-hybridized carbons (Fsp3) is 0.261. The number of nitrogens with zero attached hydrogens (tertiary/aromatic N) is 3. The van der Waals surface area contributed by atoms with Gasteiger partial charge in [-0.1, -0.05) is 17.7 Å². The van der Waals surface area contributed by atoms with Gasteiger partial charge in [0, 0.05) is 30.5 Å². The van der Waals surface area contributed by atoms with Crippen LogP contribution in [-0.4, -0.2) is 29.0 Å². The van der Waals surface area contributed by atoms with E-state index in [9.17, 15) is 9.18 Å². The molecule has 3 aromatic rings. The van der Waals surface area contributed by atoms with Crippen molar-refractivity contribution in [2.75, 3.05) is 23.3 Å². The number of nitrogens with one attached hydrogen (secondary N) is 1. The monoisotopic (exact) mass is 390 g/mol. The quantitative estimate of drug-likeness (QED) is 0.715. The Morgan fingerprint density at radius 3 is 2.62 bits per heavy atom. The first-order chi connectivity index (χ1) is 14.1. The third-order valence-electron chi connectivity index (χ3n) is 5.18. The van der Waals surface area contributed by atoms with Gasteiger partial charge in [0.15, 0.2) is 5.82 Å². The van der Waals surface area contributed by atoms with Crippen molar-refractivity contribution >= 4 is 17.4 Å². The van der Waals surface area contributed by atoms with Crippen molar-refractivity contribution < 1.29 is 9.18 Å². The number of carbonyl (C=O) groups is 1. The minimum absolute atomic E-state index is 0.0337. The fourth-order valence-electron chi connectivity index (χ4n) is 3.54. The molecule has 148 valence electrons. The average Bonchev–Trinajstić information content (AvgIpc) is 2.76. The number of hydrogen-bond acceptors (Lipinski definition) is 4. The lowest BCUT2D eigenvalue weighted by Gasteiger charge is -2.33. The van der Waals surface area contributed by atoms with E-state index in [0.29, 0.717) is 12.4 Å².